The average Bonchev–Trinajstić information content (AvgIpc) is 2.78. The summed E-state index contributed by atoms with van der Waals surface area (Å²) in [5.74, 6) is 0.932. The van der Waals surface area contributed by atoms with E-state index in [1.54, 1.807) is 26.0 Å². The number of aromatic nitrogens is 1. The minimum absolute atomic E-state index is 0.125. The number of aryl methyl sites for hydroxylation is 4. The highest BCUT2D eigenvalue weighted by molar-refractivity contribution is 7.89. The van der Waals surface area contributed by atoms with Gasteiger partial charge in [-0.15, -0.1) is 0 Å². The first kappa shape index (κ1) is 16.5. The van der Waals surface area contributed by atoms with Crippen molar-refractivity contribution in [1.82, 2.24) is 9.88 Å². The molecule has 0 saturated heterocycles. The van der Waals surface area contributed by atoms with Crippen molar-refractivity contribution in [1.29, 1.82) is 0 Å². The van der Waals surface area contributed by atoms with Crippen LogP contribution < -0.4 is 9.46 Å². The Balaban J connectivity index is 2.33. The molecule has 0 aliphatic heterocycles. The Hall–Kier alpha value is -1.86. The van der Waals surface area contributed by atoms with Crippen molar-refractivity contribution in [2.24, 2.45) is 0 Å². The number of nitrogens with one attached hydrogen (secondary N) is 1. The molecule has 0 spiro atoms. The second kappa shape index (κ2) is 6.10. The van der Waals surface area contributed by atoms with Gasteiger partial charge in [-0.2, -0.15) is 0 Å². The van der Waals surface area contributed by atoms with Crippen molar-refractivity contribution >= 4 is 10.0 Å². The first-order valence-corrected chi connectivity index (χ1v) is 8.31. The average molecular weight is 324 g/mol. The minimum atomic E-state index is -3.70. The summed E-state index contributed by atoms with van der Waals surface area (Å²) in [4.78, 5) is 0.130. The summed E-state index contributed by atoms with van der Waals surface area (Å²) in [6.07, 6.45) is 0. The predicted molar refractivity (Wildman–Crippen MR) is 82.5 cm³/mol. The lowest BCUT2D eigenvalue weighted by molar-refractivity contribution is 0.392. The van der Waals surface area contributed by atoms with Crippen LogP contribution in [0.2, 0.25) is 0 Å². The first-order chi connectivity index (χ1) is 10.3. The van der Waals surface area contributed by atoms with Crippen LogP contribution in [0, 0.1) is 27.7 Å². The third-order valence-corrected chi connectivity index (χ3v) is 5.11. The molecule has 2 aromatic rings. The summed E-state index contributed by atoms with van der Waals surface area (Å²) in [7, 11) is -2.24. The highest BCUT2D eigenvalue weighted by Crippen LogP contribution is 2.27. The van der Waals surface area contributed by atoms with Crippen LogP contribution in [0.15, 0.2) is 21.6 Å². The molecule has 1 N–H and O–H groups in total. The molecule has 7 heteroatoms. The molecule has 6 nitrogen and oxygen atoms in total. The summed E-state index contributed by atoms with van der Waals surface area (Å²) < 4.78 is 37.9. The monoisotopic (exact) mass is 324 g/mol. The quantitative estimate of drug-likeness (QED) is 0.913. The zero-order valence-electron chi connectivity index (χ0n) is 13.4. The largest absolute Gasteiger partial charge is 0.495 e. The van der Waals surface area contributed by atoms with Crippen molar-refractivity contribution in [3.05, 3.63) is 40.3 Å². The molecular weight excluding hydrogens is 304 g/mol. The van der Waals surface area contributed by atoms with Gasteiger partial charge in [0.2, 0.25) is 10.0 Å². The molecule has 0 unspecified atom stereocenters. The van der Waals surface area contributed by atoms with E-state index >= 15 is 0 Å². The van der Waals surface area contributed by atoms with E-state index in [9.17, 15) is 8.42 Å². The van der Waals surface area contributed by atoms with Gasteiger partial charge in [0.05, 0.1) is 12.8 Å². The molecule has 0 atom stereocenters. The van der Waals surface area contributed by atoms with Crippen LogP contribution in [0.5, 0.6) is 5.75 Å². The number of hydrogen-bond acceptors (Lipinski definition) is 5. The van der Waals surface area contributed by atoms with Crippen LogP contribution in [0.3, 0.4) is 0 Å². The SMILES string of the molecule is COc1cc(C)c(C)cc1S(=O)(=O)NCc1c(C)noc1C. The third-order valence-electron chi connectivity index (χ3n) is 3.69. The van der Waals surface area contributed by atoms with E-state index in [2.05, 4.69) is 9.88 Å². The summed E-state index contributed by atoms with van der Waals surface area (Å²) in [5.41, 5.74) is 3.28. The lowest BCUT2D eigenvalue weighted by Gasteiger charge is -2.13. The molecule has 22 heavy (non-hydrogen) atoms. The topological polar surface area (TPSA) is 81.4 Å². The molecule has 0 radical (unpaired) electrons. The van der Waals surface area contributed by atoms with Gasteiger partial charge in [0.15, 0.2) is 0 Å². The summed E-state index contributed by atoms with van der Waals surface area (Å²) >= 11 is 0. The molecule has 1 heterocycles. The Morgan fingerprint density at radius 3 is 2.36 bits per heavy atom. The van der Waals surface area contributed by atoms with Gasteiger partial charge in [-0.1, -0.05) is 5.16 Å². The molecule has 0 amide bonds. The van der Waals surface area contributed by atoms with Crippen LogP contribution in [0.4, 0.5) is 0 Å². The number of methoxy groups -OCH3 is 1. The fraction of sp³-hybridized carbons (Fsp3) is 0.400. The molecular formula is C15H20N2O4S. The second-order valence-corrected chi connectivity index (χ2v) is 6.95. The van der Waals surface area contributed by atoms with Crippen molar-refractivity contribution in [3.8, 4) is 5.75 Å². The summed E-state index contributed by atoms with van der Waals surface area (Å²) in [5, 5.41) is 3.81. The Kier molecular flexibility index (Phi) is 4.58. The molecule has 0 bridgehead atoms. The molecule has 1 aromatic heterocycles. The summed E-state index contributed by atoms with van der Waals surface area (Å²) in [6, 6.07) is 3.34. The van der Waals surface area contributed by atoms with Gasteiger partial charge >= 0.3 is 0 Å². The Bertz CT molecular complexity index is 775. The Morgan fingerprint density at radius 1 is 1.18 bits per heavy atom. The molecule has 0 saturated carbocycles. The van der Waals surface area contributed by atoms with E-state index in [1.807, 2.05) is 13.8 Å². The van der Waals surface area contributed by atoms with Crippen LogP contribution in [-0.2, 0) is 16.6 Å². The molecule has 120 valence electrons. The van der Waals surface area contributed by atoms with Crippen molar-refractivity contribution in [2.75, 3.05) is 7.11 Å². The van der Waals surface area contributed by atoms with Crippen molar-refractivity contribution in [2.45, 2.75) is 39.1 Å². The highest BCUT2D eigenvalue weighted by Gasteiger charge is 2.21. The lowest BCUT2D eigenvalue weighted by Crippen LogP contribution is -2.24. The van der Waals surface area contributed by atoms with Crippen LogP contribution in [0.25, 0.3) is 0 Å². The Labute approximate surface area is 130 Å². The van der Waals surface area contributed by atoms with Crippen LogP contribution >= 0.6 is 0 Å². The molecule has 0 aliphatic rings. The maximum Gasteiger partial charge on any atom is 0.244 e. The molecule has 2 rings (SSSR count). The maximum atomic E-state index is 12.6. The van der Waals surface area contributed by atoms with Gasteiger partial charge in [-0.3, -0.25) is 0 Å². The van der Waals surface area contributed by atoms with E-state index < -0.39 is 10.0 Å². The smallest absolute Gasteiger partial charge is 0.244 e. The van der Waals surface area contributed by atoms with E-state index in [-0.39, 0.29) is 11.4 Å². The van der Waals surface area contributed by atoms with Gasteiger partial charge in [-0.25, -0.2) is 13.1 Å². The fourth-order valence-electron chi connectivity index (χ4n) is 2.13. The predicted octanol–water partition coefficient (Wildman–Crippen LogP) is 2.40. The van der Waals surface area contributed by atoms with Crippen molar-refractivity contribution < 1.29 is 17.7 Å². The number of hydrogen-bond donors (Lipinski definition) is 1. The van der Waals surface area contributed by atoms with E-state index in [4.69, 9.17) is 9.26 Å². The molecule has 0 aliphatic carbocycles. The van der Waals surface area contributed by atoms with E-state index in [1.165, 1.54) is 7.11 Å². The van der Waals surface area contributed by atoms with Gasteiger partial charge in [-0.05, 0) is 51.0 Å². The van der Waals surface area contributed by atoms with Crippen molar-refractivity contribution in [3.63, 3.8) is 0 Å². The van der Waals surface area contributed by atoms with Gasteiger partial charge in [0.1, 0.15) is 16.4 Å². The third kappa shape index (κ3) is 3.15. The number of sulfonamides is 1. The number of rotatable bonds is 5. The number of benzene rings is 1. The highest BCUT2D eigenvalue weighted by atomic mass is 32.2. The molecule has 0 fully saturated rings. The second-order valence-electron chi connectivity index (χ2n) is 5.21. The first-order valence-electron chi connectivity index (χ1n) is 6.83. The fourth-order valence-corrected chi connectivity index (χ4v) is 3.36. The van der Waals surface area contributed by atoms with Gasteiger partial charge in [0.25, 0.3) is 0 Å². The van der Waals surface area contributed by atoms with E-state index in [0.717, 1.165) is 16.7 Å². The standard InChI is InChI=1S/C15H20N2O4S/c1-9-6-14(20-5)15(7-10(9)2)22(18,19)16-8-13-11(3)17-21-12(13)4/h6-7,16H,8H2,1-5H3. The normalized spacial score (nSPS) is 11.7. The zero-order chi connectivity index (χ0) is 16.5. The van der Waals surface area contributed by atoms with Crippen LogP contribution in [0.1, 0.15) is 28.1 Å². The van der Waals surface area contributed by atoms with E-state index in [0.29, 0.717) is 17.2 Å². The zero-order valence-corrected chi connectivity index (χ0v) is 14.2. The van der Waals surface area contributed by atoms with Crippen LogP contribution in [-0.4, -0.2) is 20.7 Å². The maximum absolute atomic E-state index is 12.6. The summed E-state index contributed by atoms with van der Waals surface area (Å²) in [6.45, 7) is 7.42. The van der Waals surface area contributed by atoms with Gasteiger partial charge < -0.3 is 9.26 Å². The lowest BCUT2D eigenvalue weighted by atomic mass is 10.1. The number of ether oxygens (including phenoxy) is 1. The van der Waals surface area contributed by atoms with Gasteiger partial charge in [0, 0.05) is 12.1 Å². The number of nitrogens with zero attached hydrogens (tertiary/aromatic N) is 1. The minimum Gasteiger partial charge on any atom is -0.495 e. The Morgan fingerprint density at radius 2 is 1.82 bits per heavy atom. The molecule has 1 aromatic carbocycles.